The van der Waals surface area contributed by atoms with Gasteiger partial charge in [0.2, 0.25) is 5.91 Å². The molecular weight excluding hydrogens is 442 g/mol. The predicted molar refractivity (Wildman–Crippen MR) is 133 cm³/mol. The van der Waals surface area contributed by atoms with Gasteiger partial charge < -0.3 is 10.1 Å². The first-order chi connectivity index (χ1) is 15.4. The van der Waals surface area contributed by atoms with Crippen LogP contribution in [0, 0.1) is 5.92 Å². The molecule has 1 N–H and O–H groups in total. The van der Waals surface area contributed by atoms with Crippen LogP contribution in [-0.4, -0.2) is 27.3 Å². The van der Waals surface area contributed by atoms with Crippen molar-refractivity contribution in [1.82, 2.24) is 14.9 Å². The van der Waals surface area contributed by atoms with Gasteiger partial charge in [0, 0.05) is 0 Å². The summed E-state index contributed by atoms with van der Waals surface area (Å²) in [6, 6.07) is 19.1. The number of imidazole rings is 1. The second-order valence-electron chi connectivity index (χ2n) is 8.08. The summed E-state index contributed by atoms with van der Waals surface area (Å²) >= 11 is 10.9. The van der Waals surface area contributed by atoms with Gasteiger partial charge in [0.15, 0.2) is 5.15 Å². The Morgan fingerprint density at radius 3 is 2.41 bits per heavy atom. The van der Waals surface area contributed by atoms with E-state index >= 15 is 0 Å². The molecule has 0 saturated heterocycles. The molecule has 0 saturated carbocycles. The maximum absolute atomic E-state index is 12.4. The quantitative estimate of drug-likeness (QED) is 0.378. The summed E-state index contributed by atoms with van der Waals surface area (Å²) in [5, 5.41) is 2.91. The number of thiol groups is 1. The van der Waals surface area contributed by atoms with Crippen molar-refractivity contribution >= 4 is 30.1 Å². The molecule has 0 unspecified atom stereocenters. The van der Waals surface area contributed by atoms with Crippen molar-refractivity contribution in [2.24, 2.45) is 5.92 Å². The average molecular weight is 472 g/mol. The van der Waals surface area contributed by atoms with Crippen LogP contribution in [0.15, 0.2) is 54.6 Å². The number of amides is 1. The van der Waals surface area contributed by atoms with Crippen LogP contribution in [0.25, 0.3) is 11.1 Å². The number of carbonyl (C=O) groups excluding carboxylic acids is 1. The van der Waals surface area contributed by atoms with Gasteiger partial charge in [0.05, 0.1) is 30.6 Å². The van der Waals surface area contributed by atoms with Gasteiger partial charge in [0.1, 0.15) is 0 Å². The van der Waals surface area contributed by atoms with Gasteiger partial charge >= 0.3 is 0 Å². The molecule has 7 heteroatoms. The zero-order chi connectivity index (χ0) is 23.1. The van der Waals surface area contributed by atoms with Crippen LogP contribution in [0.5, 0.6) is 6.01 Å². The first kappa shape index (κ1) is 24.2. The van der Waals surface area contributed by atoms with E-state index in [1.54, 1.807) is 0 Å². The van der Waals surface area contributed by atoms with E-state index in [4.69, 9.17) is 16.3 Å². The van der Waals surface area contributed by atoms with Crippen molar-refractivity contribution in [2.45, 2.75) is 45.5 Å². The van der Waals surface area contributed by atoms with Crippen molar-refractivity contribution in [1.29, 1.82) is 0 Å². The monoisotopic (exact) mass is 471 g/mol. The average Bonchev–Trinajstić information content (AvgIpc) is 3.06. The van der Waals surface area contributed by atoms with Crippen LogP contribution in [0.3, 0.4) is 0 Å². The third kappa shape index (κ3) is 6.30. The number of halogens is 1. The Morgan fingerprint density at radius 2 is 1.78 bits per heavy atom. The van der Waals surface area contributed by atoms with Crippen LogP contribution in [0.1, 0.15) is 38.4 Å². The summed E-state index contributed by atoms with van der Waals surface area (Å²) in [4.78, 5) is 16.8. The van der Waals surface area contributed by atoms with E-state index in [0.717, 1.165) is 11.1 Å². The highest BCUT2D eigenvalue weighted by atomic mass is 35.5. The molecule has 1 atom stereocenters. The molecule has 1 amide bonds. The van der Waals surface area contributed by atoms with Gasteiger partial charge in [-0.3, -0.25) is 9.36 Å². The highest BCUT2D eigenvalue weighted by Crippen LogP contribution is 2.26. The largest absolute Gasteiger partial charge is 0.465 e. The summed E-state index contributed by atoms with van der Waals surface area (Å²) in [7, 11) is 0. The molecule has 3 rings (SSSR count). The number of carbonyl (C=O) groups is 1. The fraction of sp³-hybridized carbons (Fsp3) is 0.360. The van der Waals surface area contributed by atoms with E-state index in [1.807, 2.05) is 29.7 Å². The maximum Gasteiger partial charge on any atom is 0.298 e. The Bertz CT molecular complexity index is 1020. The van der Waals surface area contributed by atoms with Gasteiger partial charge in [-0.2, -0.15) is 17.6 Å². The number of nitrogens with one attached hydrogen (secondary N) is 1. The zero-order valence-electron chi connectivity index (χ0n) is 18.7. The minimum Gasteiger partial charge on any atom is -0.465 e. The second kappa shape index (κ2) is 11.4. The van der Waals surface area contributed by atoms with Gasteiger partial charge in [-0.25, -0.2) is 0 Å². The van der Waals surface area contributed by atoms with Crippen LogP contribution < -0.4 is 10.1 Å². The number of ether oxygens (including phenoxy) is 1. The molecule has 32 heavy (non-hydrogen) atoms. The number of hydrogen-bond donors (Lipinski definition) is 2. The number of hydrogen-bond acceptors (Lipinski definition) is 4. The highest BCUT2D eigenvalue weighted by Gasteiger charge is 2.20. The number of rotatable bonds is 10. The Hall–Kier alpha value is -2.44. The third-order valence-electron chi connectivity index (χ3n) is 5.09. The lowest BCUT2D eigenvalue weighted by Crippen LogP contribution is -2.32. The lowest BCUT2D eigenvalue weighted by molar-refractivity contribution is -0.121. The molecule has 1 aromatic heterocycles. The zero-order valence-corrected chi connectivity index (χ0v) is 20.4. The highest BCUT2D eigenvalue weighted by molar-refractivity contribution is 7.81. The smallest absolute Gasteiger partial charge is 0.298 e. The summed E-state index contributed by atoms with van der Waals surface area (Å²) < 4.78 is 7.63. The molecular formula is C25H30ClN3O2S. The molecule has 5 nitrogen and oxygen atoms in total. The molecule has 0 aliphatic carbocycles. The molecule has 3 aromatic rings. The minimum absolute atomic E-state index is 0.115. The normalized spacial score (nSPS) is 12.1. The third-order valence-corrected chi connectivity index (χ3v) is 5.84. The van der Waals surface area contributed by atoms with Crippen molar-refractivity contribution in [3.05, 3.63) is 71.0 Å². The Morgan fingerprint density at radius 1 is 1.12 bits per heavy atom. The van der Waals surface area contributed by atoms with E-state index in [2.05, 4.69) is 73.2 Å². The first-order valence-electron chi connectivity index (χ1n) is 10.9. The van der Waals surface area contributed by atoms with Crippen molar-refractivity contribution in [2.75, 3.05) is 6.61 Å². The summed E-state index contributed by atoms with van der Waals surface area (Å²) in [5.74, 6) is 0.275. The molecule has 0 bridgehead atoms. The van der Waals surface area contributed by atoms with Crippen molar-refractivity contribution < 1.29 is 9.53 Å². The number of aromatic nitrogens is 2. The van der Waals surface area contributed by atoms with E-state index in [9.17, 15) is 4.79 Å². The number of nitrogens with zero attached hydrogens (tertiary/aromatic N) is 2. The minimum atomic E-state index is -0.359. The Kier molecular flexibility index (Phi) is 8.65. The van der Waals surface area contributed by atoms with Gasteiger partial charge in [-0.1, -0.05) is 80.0 Å². The van der Waals surface area contributed by atoms with Crippen LogP contribution in [0.2, 0.25) is 5.15 Å². The molecule has 0 aliphatic heterocycles. The lowest BCUT2D eigenvalue weighted by atomic mass is 10.0. The summed E-state index contributed by atoms with van der Waals surface area (Å²) in [6.07, 6.45) is 0.708. The molecule has 0 radical (unpaired) electrons. The standard InChI is InChI=1S/C25H30ClN3O2S/c1-4-31-25-28-23(26)21(15-27-24(30)22(32)14-17(2)3)29(25)16-18-10-12-20(13-11-18)19-8-6-5-7-9-19/h5-13,17,22,32H,4,14-16H2,1-3H3,(H,27,30)/t22-/m0/s1. The van der Waals surface area contributed by atoms with Crippen molar-refractivity contribution in [3.8, 4) is 17.1 Å². The van der Waals surface area contributed by atoms with E-state index in [0.29, 0.717) is 42.3 Å². The Balaban J connectivity index is 1.78. The predicted octanol–water partition coefficient (Wildman–Crippen LogP) is 5.61. The molecule has 0 spiro atoms. The maximum atomic E-state index is 12.4. The molecule has 0 aliphatic rings. The SMILES string of the molecule is CCOc1nc(Cl)c(CNC(=O)[C@@H](S)CC(C)C)n1Cc1ccc(-c2ccccc2)cc1. The van der Waals surface area contributed by atoms with Crippen LogP contribution in [-0.2, 0) is 17.9 Å². The fourth-order valence-corrected chi connectivity index (χ4v) is 4.22. The topological polar surface area (TPSA) is 56.1 Å². The Labute approximate surface area is 200 Å². The van der Waals surface area contributed by atoms with Gasteiger partial charge in [-0.05, 0) is 36.0 Å². The molecule has 170 valence electrons. The van der Waals surface area contributed by atoms with Crippen LogP contribution >= 0.6 is 24.2 Å². The molecule has 0 fully saturated rings. The summed E-state index contributed by atoms with van der Waals surface area (Å²) in [5.41, 5.74) is 4.12. The molecule has 1 heterocycles. The lowest BCUT2D eigenvalue weighted by Gasteiger charge is -2.15. The van der Waals surface area contributed by atoms with Crippen molar-refractivity contribution in [3.63, 3.8) is 0 Å². The molecule has 2 aromatic carbocycles. The first-order valence-corrected chi connectivity index (χ1v) is 11.8. The van der Waals surface area contributed by atoms with Crippen LogP contribution in [0.4, 0.5) is 0 Å². The van der Waals surface area contributed by atoms with Gasteiger partial charge in [-0.15, -0.1) is 0 Å². The second-order valence-corrected chi connectivity index (χ2v) is 9.06. The fourth-order valence-electron chi connectivity index (χ4n) is 3.46. The van der Waals surface area contributed by atoms with E-state index < -0.39 is 0 Å². The van der Waals surface area contributed by atoms with Gasteiger partial charge in [0.25, 0.3) is 6.01 Å². The van der Waals surface area contributed by atoms with E-state index in [-0.39, 0.29) is 17.7 Å². The summed E-state index contributed by atoms with van der Waals surface area (Å²) in [6.45, 7) is 7.31. The van der Waals surface area contributed by atoms with E-state index in [1.165, 1.54) is 5.56 Å². The number of benzene rings is 2.